The zero-order valence-corrected chi connectivity index (χ0v) is 11.0. The van der Waals surface area contributed by atoms with Crippen molar-refractivity contribution in [2.75, 3.05) is 6.54 Å². The van der Waals surface area contributed by atoms with E-state index in [0.717, 1.165) is 18.7 Å². The van der Waals surface area contributed by atoms with Crippen LogP contribution in [-0.2, 0) is 0 Å². The molecular formula is C14H24N2. The number of nitrogens with zero attached hydrogens (tertiary/aromatic N) is 1. The Labute approximate surface area is 99.5 Å². The van der Waals surface area contributed by atoms with Gasteiger partial charge >= 0.3 is 0 Å². The standard InChI is InChI=1S/C14H24N2/c1-5-9-15-14(10-11(2)3)13-8-6-7-12(4)16-13/h6-8,11,14-15H,5,9-10H2,1-4H3. The molecule has 0 saturated heterocycles. The molecule has 0 spiro atoms. The SMILES string of the molecule is CCCNC(CC(C)C)c1cccc(C)n1. The number of nitrogens with one attached hydrogen (secondary N) is 1. The lowest BCUT2D eigenvalue weighted by Crippen LogP contribution is -2.24. The minimum atomic E-state index is 0.403. The Morgan fingerprint density at radius 2 is 2.06 bits per heavy atom. The first kappa shape index (κ1) is 13.2. The molecular weight excluding hydrogens is 196 g/mol. The van der Waals surface area contributed by atoms with Gasteiger partial charge in [-0.25, -0.2) is 0 Å². The molecule has 0 aliphatic heterocycles. The van der Waals surface area contributed by atoms with Gasteiger partial charge in [-0.1, -0.05) is 26.8 Å². The summed E-state index contributed by atoms with van der Waals surface area (Å²) in [6, 6.07) is 6.68. The van der Waals surface area contributed by atoms with Gasteiger partial charge in [-0.05, 0) is 44.4 Å². The Morgan fingerprint density at radius 1 is 1.31 bits per heavy atom. The molecule has 2 heteroatoms. The number of aromatic nitrogens is 1. The molecule has 0 aliphatic carbocycles. The first-order valence-corrected chi connectivity index (χ1v) is 6.30. The van der Waals surface area contributed by atoms with Crippen molar-refractivity contribution in [1.29, 1.82) is 0 Å². The van der Waals surface area contributed by atoms with E-state index < -0.39 is 0 Å². The number of pyridine rings is 1. The van der Waals surface area contributed by atoms with Gasteiger partial charge in [0.25, 0.3) is 0 Å². The van der Waals surface area contributed by atoms with Crippen molar-refractivity contribution in [2.24, 2.45) is 5.92 Å². The Kier molecular flexibility index (Phi) is 5.47. The van der Waals surface area contributed by atoms with Crippen LogP contribution < -0.4 is 5.32 Å². The van der Waals surface area contributed by atoms with E-state index in [1.54, 1.807) is 0 Å². The van der Waals surface area contributed by atoms with E-state index in [0.29, 0.717) is 12.0 Å². The van der Waals surface area contributed by atoms with E-state index in [9.17, 15) is 0 Å². The summed E-state index contributed by atoms with van der Waals surface area (Å²) in [5.74, 6) is 0.691. The summed E-state index contributed by atoms with van der Waals surface area (Å²) < 4.78 is 0. The van der Waals surface area contributed by atoms with E-state index in [1.807, 2.05) is 0 Å². The van der Waals surface area contributed by atoms with Crippen molar-refractivity contribution in [3.8, 4) is 0 Å². The molecule has 0 aromatic carbocycles. The van der Waals surface area contributed by atoms with Gasteiger partial charge in [0.15, 0.2) is 0 Å². The van der Waals surface area contributed by atoms with Crippen LogP contribution in [0.3, 0.4) is 0 Å². The molecule has 0 bridgehead atoms. The minimum Gasteiger partial charge on any atom is -0.309 e. The van der Waals surface area contributed by atoms with Crippen molar-refractivity contribution < 1.29 is 0 Å². The molecule has 2 nitrogen and oxygen atoms in total. The second-order valence-electron chi connectivity index (χ2n) is 4.84. The van der Waals surface area contributed by atoms with Gasteiger partial charge in [-0.3, -0.25) is 4.98 Å². The smallest absolute Gasteiger partial charge is 0.0576 e. The summed E-state index contributed by atoms with van der Waals surface area (Å²) >= 11 is 0. The topological polar surface area (TPSA) is 24.9 Å². The molecule has 90 valence electrons. The molecule has 1 unspecified atom stereocenters. The zero-order valence-electron chi connectivity index (χ0n) is 11.0. The van der Waals surface area contributed by atoms with Crippen molar-refractivity contribution in [3.05, 3.63) is 29.6 Å². The predicted octanol–water partition coefficient (Wildman–Crippen LogP) is 3.48. The number of rotatable bonds is 6. The van der Waals surface area contributed by atoms with Crippen molar-refractivity contribution in [3.63, 3.8) is 0 Å². The third-order valence-electron chi connectivity index (χ3n) is 2.61. The Hall–Kier alpha value is -0.890. The summed E-state index contributed by atoms with van der Waals surface area (Å²) in [7, 11) is 0. The van der Waals surface area contributed by atoms with Crippen molar-refractivity contribution in [1.82, 2.24) is 10.3 Å². The third kappa shape index (κ3) is 4.31. The van der Waals surface area contributed by atoms with Crippen LogP contribution in [0.5, 0.6) is 0 Å². The van der Waals surface area contributed by atoms with Crippen LogP contribution in [0.15, 0.2) is 18.2 Å². The van der Waals surface area contributed by atoms with Gasteiger partial charge in [-0.2, -0.15) is 0 Å². The van der Waals surface area contributed by atoms with Crippen LogP contribution in [-0.4, -0.2) is 11.5 Å². The molecule has 0 saturated carbocycles. The normalized spacial score (nSPS) is 13.1. The zero-order chi connectivity index (χ0) is 12.0. The average molecular weight is 220 g/mol. The van der Waals surface area contributed by atoms with Crippen molar-refractivity contribution >= 4 is 0 Å². The fourth-order valence-corrected chi connectivity index (χ4v) is 1.86. The Bertz CT molecular complexity index is 307. The second-order valence-corrected chi connectivity index (χ2v) is 4.84. The fourth-order valence-electron chi connectivity index (χ4n) is 1.86. The summed E-state index contributed by atoms with van der Waals surface area (Å²) in [4.78, 5) is 4.62. The molecule has 1 aromatic rings. The lowest BCUT2D eigenvalue weighted by Gasteiger charge is -2.20. The van der Waals surface area contributed by atoms with Gasteiger partial charge in [0.2, 0.25) is 0 Å². The molecule has 1 rings (SSSR count). The highest BCUT2D eigenvalue weighted by Gasteiger charge is 2.13. The molecule has 16 heavy (non-hydrogen) atoms. The molecule has 1 N–H and O–H groups in total. The van der Waals surface area contributed by atoms with E-state index in [-0.39, 0.29) is 0 Å². The van der Waals surface area contributed by atoms with Gasteiger partial charge in [-0.15, -0.1) is 0 Å². The lowest BCUT2D eigenvalue weighted by atomic mass is 10.0. The highest BCUT2D eigenvalue weighted by Crippen LogP contribution is 2.19. The Morgan fingerprint density at radius 3 is 2.62 bits per heavy atom. The van der Waals surface area contributed by atoms with E-state index in [1.165, 1.54) is 12.1 Å². The quantitative estimate of drug-likeness (QED) is 0.794. The van der Waals surface area contributed by atoms with Gasteiger partial charge < -0.3 is 5.32 Å². The largest absolute Gasteiger partial charge is 0.309 e. The fraction of sp³-hybridized carbons (Fsp3) is 0.643. The molecule has 0 fully saturated rings. The monoisotopic (exact) mass is 220 g/mol. The van der Waals surface area contributed by atoms with Crippen LogP contribution in [0.4, 0.5) is 0 Å². The van der Waals surface area contributed by atoms with Gasteiger partial charge in [0, 0.05) is 11.7 Å². The summed E-state index contributed by atoms with van der Waals surface area (Å²) in [6.07, 6.45) is 2.32. The molecule has 1 aromatic heterocycles. The Balaban J connectivity index is 2.74. The third-order valence-corrected chi connectivity index (χ3v) is 2.61. The minimum absolute atomic E-state index is 0.403. The van der Waals surface area contributed by atoms with Gasteiger partial charge in [0.05, 0.1) is 5.69 Å². The predicted molar refractivity (Wildman–Crippen MR) is 69.5 cm³/mol. The summed E-state index contributed by atoms with van der Waals surface area (Å²) in [5.41, 5.74) is 2.28. The summed E-state index contributed by atoms with van der Waals surface area (Å²) in [6.45, 7) is 9.83. The van der Waals surface area contributed by atoms with Crippen LogP contribution in [0.1, 0.15) is 51.0 Å². The molecule has 0 amide bonds. The van der Waals surface area contributed by atoms with E-state index in [4.69, 9.17) is 0 Å². The maximum Gasteiger partial charge on any atom is 0.0576 e. The first-order chi connectivity index (χ1) is 7.63. The number of hydrogen-bond acceptors (Lipinski definition) is 2. The molecule has 1 atom stereocenters. The second kappa shape index (κ2) is 6.64. The van der Waals surface area contributed by atoms with Crippen LogP contribution >= 0.6 is 0 Å². The van der Waals surface area contributed by atoms with E-state index in [2.05, 4.69) is 56.2 Å². The molecule has 1 heterocycles. The van der Waals surface area contributed by atoms with Crippen LogP contribution in [0, 0.1) is 12.8 Å². The van der Waals surface area contributed by atoms with Gasteiger partial charge in [0.1, 0.15) is 0 Å². The van der Waals surface area contributed by atoms with E-state index >= 15 is 0 Å². The number of hydrogen-bond donors (Lipinski definition) is 1. The van der Waals surface area contributed by atoms with Crippen molar-refractivity contribution in [2.45, 2.75) is 46.6 Å². The first-order valence-electron chi connectivity index (χ1n) is 6.30. The van der Waals surface area contributed by atoms with Crippen LogP contribution in [0.2, 0.25) is 0 Å². The average Bonchev–Trinajstić information content (AvgIpc) is 2.23. The summed E-state index contributed by atoms with van der Waals surface area (Å²) in [5, 5.41) is 3.58. The highest BCUT2D eigenvalue weighted by atomic mass is 14.9. The molecule has 0 radical (unpaired) electrons. The highest BCUT2D eigenvalue weighted by molar-refractivity contribution is 5.13. The lowest BCUT2D eigenvalue weighted by molar-refractivity contribution is 0.422. The maximum absolute atomic E-state index is 4.62. The number of aryl methyl sites for hydroxylation is 1. The van der Waals surface area contributed by atoms with Crippen LogP contribution in [0.25, 0.3) is 0 Å². The molecule has 0 aliphatic rings. The maximum atomic E-state index is 4.62.